The van der Waals surface area contributed by atoms with Gasteiger partial charge in [-0.3, -0.25) is 4.79 Å². The van der Waals surface area contributed by atoms with Gasteiger partial charge in [-0.05, 0) is 55.7 Å². The van der Waals surface area contributed by atoms with Crippen molar-refractivity contribution in [3.8, 4) is 0 Å². The van der Waals surface area contributed by atoms with Crippen molar-refractivity contribution >= 4 is 23.0 Å². The first-order valence-electron chi connectivity index (χ1n) is 9.14. The highest BCUT2D eigenvalue weighted by molar-refractivity contribution is 5.93. The van der Waals surface area contributed by atoms with E-state index >= 15 is 0 Å². The normalized spacial score (nSPS) is 14.2. The van der Waals surface area contributed by atoms with E-state index in [2.05, 4.69) is 34.5 Å². The number of anilines is 3. The summed E-state index contributed by atoms with van der Waals surface area (Å²) in [5, 5.41) is 3.35. The van der Waals surface area contributed by atoms with Gasteiger partial charge in [0.15, 0.2) is 0 Å². The number of carbonyl (C=O) groups excluding carboxylic acids is 1. The van der Waals surface area contributed by atoms with Gasteiger partial charge in [-0.2, -0.15) is 0 Å². The maximum Gasteiger partial charge on any atom is 0.228 e. The first-order chi connectivity index (χ1) is 12.2. The van der Waals surface area contributed by atoms with Gasteiger partial charge in [0.25, 0.3) is 0 Å². The molecule has 0 saturated carbocycles. The Morgan fingerprint density at radius 2 is 1.68 bits per heavy atom. The SMILES string of the molecule is CN(C(=O)CCNc1ccc(N2CCCCC2)cc1)c1ccccc1. The molecule has 1 aliphatic heterocycles. The van der Waals surface area contributed by atoms with Gasteiger partial charge >= 0.3 is 0 Å². The molecule has 0 radical (unpaired) electrons. The fourth-order valence-corrected chi connectivity index (χ4v) is 3.22. The van der Waals surface area contributed by atoms with Crippen molar-refractivity contribution in [2.45, 2.75) is 25.7 Å². The van der Waals surface area contributed by atoms with Crippen molar-refractivity contribution in [1.82, 2.24) is 0 Å². The lowest BCUT2D eigenvalue weighted by Crippen LogP contribution is -2.29. The zero-order chi connectivity index (χ0) is 17.5. The monoisotopic (exact) mass is 337 g/mol. The zero-order valence-electron chi connectivity index (χ0n) is 14.9. The van der Waals surface area contributed by atoms with Crippen LogP contribution >= 0.6 is 0 Å². The van der Waals surface area contributed by atoms with Gasteiger partial charge in [-0.15, -0.1) is 0 Å². The number of carbonyl (C=O) groups is 1. The number of piperidine rings is 1. The Morgan fingerprint density at radius 1 is 1.00 bits per heavy atom. The Hall–Kier alpha value is -2.49. The molecule has 0 spiro atoms. The van der Waals surface area contributed by atoms with Gasteiger partial charge in [0.2, 0.25) is 5.91 Å². The molecule has 0 atom stereocenters. The maximum atomic E-state index is 12.3. The second kappa shape index (κ2) is 8.56. The van der Waals surface area contributed by atoms with Gasteiger partial charge in [0.05, 0.1) is 0 Å². The zero-order valence-corrected chi connectivity index (χ0v) is 14.9. The Bertz CT molecular complexity index is 663. The van der Waals surface area contributed by atoms with Crippen molar-refractivity contribution in [3.63, 3.8) is 0 Å². The lowest BCUT2D eigenvalue weighted by atomic mass is 10.1. The lowest BCUT2D eigenvalue weighted by molar-refractivity contribution is -0.118. The van der Waals surface area contributed by atoms with Crippen LogP contribution in [-0.4, -0.2) is 32.6 Å². The van der Waals surface area contributed by atoms with E-state index in [0.717, 1.165) is 24.5 Å². The number of nitrogens with one attached hydrogen (secondary N) is 1. The molecule has 4 nitrogen and oxygen atoms in total. The van der Waals surface area contributed by atoms with Crippen molar-refractivity contribution < 1.29 is 4.79 Å². The molecule has 1 fully saturated rings. The molecular formula is C21H27N3O. The van der Waals surface area contributed by atoms with Crippen LogP contribution in [0.25, 0.3) is 0 Å². The molecule has 1 saturated heterocycles. The molecule has 2 aromatic carbocycles. The molecule has 0 aliphatic carbocycles. The lowest BCUT2D eigenvalue weighted by Gasteiger charge is -2.28. The average molecular weight is 337 g/mol. The van der Waals surface area contributed by atoms with Gasteiger partial charge in [0, 0.05) is 50.2 Å². The number of benzene rings is 2. The predicted octanol–water partition coefficient (Wildman–Crippen LogP) is 4.14. The molecule has 1 N–H and O–H groups in total. The van der Waals surface area contributed by atoms with E-state index in [1.165, 1.54) is 24.9 Å². The summed E-state index contributed by atoms with van der Waals surface area (Å²) in [6, 6.07) is 18.3. The quantitative estimate of drug-likeness (QED) is 0.860. The molecule has 4 heteroatoms. The Labute approximate surface area is 150 Å². The number of para-hydroxylation sites is 1. The molecule has 2 aromatic rings. The summed E-state index contributed by atoms with van der Waals surface area (Å²) in [5.74, 6) is 0.114. The second-order valence-corrected chi connectivity index (χ2v) is 6.56. The molecule has 0 aromatic heterocycles. The third-order valence-electron chi connectivity index (χ3n) is 4.77. The number of nitrogens with zero attached hydrogens (tertiary/aromatic N) is 2. The number of hydrogen-bond acceptors (Lipinski definition) is 3. The fraction of sp³-hybridized carbons (Fsp3) is 0.381. The first kappa shape index (κ1) is 17.3. The van der Waals surface area contributed by atoms with E-state index in [0.29, 0.717) is 13.0 Å². The Morgan fingerprint density at radius 3 is 2.36 bits per heavy atom. The van der Waals surface area contributed by atoms with Crippen LogP contribution in [0.3, 0.4) is 0 Å². The average Bonchev–Trinajstić information content (AvgIpc) is 2.69. The van der Waals surface area contributed by atoms with Crippen LogP contribution in [0.2, 0.25) is 0 Å². The highest BCUT2D eigenvalue weighted by atomic mass is 16.2. The third kappa shape index (κ3) is 4.75. The highest BCUT2D eigenvalue weighted by Gasteiger charge is 2.11. The van der Waals surface area contributed by atoms with Crippen LogP contribution in [0.15, 0.2) is 54.6 Å². The topological polar surface area (TPSA) is 35.6 Å². The summed E-state index contributed by atoms with van der Waals surface area (Å²) in [7, 11) is 1.82. The van der Waals surface area contributed by atoms with Crippen LogP contribution < -0.4 is 15.1 Å². The molecular weight excluding hydrogens is 310 g/mol. The third-order valence-corrected chi connectivity index (χ3v) is 4.77. The van der Waals surface area contributed by atoms with Gasteiger partial charge in [0.1, 0.15) is 0 Å². The largest absolute Gasteiger partial charge is 0.385 e. The van der Waals surface area contributed by atoms with Crippen LogP contribution in [0, 0.1) is 0 Å². The standard InChI is InChI=1S/C21H27N3O/c1-23(19-8-4-2-5-9-19)21(25)14-15-22-18-10-12-20(13-11-18)24-16-6-3-7-17-24/h2,4-5,8-13,22H,3,6-7,14-17H2,1H3. The first-order valence-corrected chi connectivity index (χ1v) is 9.14. The summed E-state index contributed by atoms with van der Waals surface area (Å²) in [6.07, 6.45) is 4.40. The van der Waals surface area contributed by atoms with Crippen molar-refractivity contribution in [2.75, 3.05) is 41.8 Å². The van der Waals surface area contributed by atoms with E-state index in [1.807, 2.05) is 37.4 Å². The minimum absolute atomic E-state index is 0.114. The van der Waals surface area contributed by atoms with Crippen LogP contribution in [0.5, 0.6) is 0 Å². The smallest absolute Gasteiger partial charge is 0.228 e. The summed E-state index contributed by atoms with van der Waals surface area (Å²) in [5.41, 5.74) is 3.29. The van der Waals surface area contributed by atoms with Crippen molar-refractivity contribution in [1.29, 1.82) is 0 Å². The minimum Gasteiger partial charge on any atom is -0.385 e. The number of hydrogen-bond donors (Lipinski definition) is 1. The molecule has 3 rings (SSSR count). The van der Waals surface area contributed by atoms with Gasteiger partial charge in [-0.1, -0.05) is 18.2 Å². The molecule has 25 heavy (non-hydrogen) atoms. The fourth-order valence-electron chi connectivity index (χ4n) is 3.22. The molecule has 1 amide bonds. The van der Waals surface area contributed by atoms with Crippen LogP contribution in [-0.2, 0) is 4.79 Å². The molecule has 1 aliphatic rings. The van der Waals surface area contributed by atoms with Gasteiger partial charge < -0.3 is 15.1 Å². The predicted molar refractivity (Wildman–Crippen MR) is 105 cm³/mol. The van der Waals surface area contributed by atoms with Crippen molar-refractivity contribution in [2.24, 2.45) is 0 Å². The molecule has 1 heterocycles. The van der Waals surface area contributed by atoms with E-state index in [4.69, 9.17) is 0 Å². The van der Waals surface area contributed by atoms with E-state index < -0.39 is 0 Å². The summed E-state index contributed by atoms with van der Waals surface area (Å²) >= 11 is 0. The summed E-state index contributed by atoms with van der Waals surface area (Å²) in [4.78, 5) is 16.4. The molecule has 132 valence electrons. The maximum absolute atomic E-state index is 12.3. The molecule has 0 bridgehead atoms. The second-order valence-electron chi connectivity index (χ2n) is 6.56. The van der Waals surface area contributed by atoms with Crippen LogP contribution in [0.4, 0.5) is 17.1 Å². The van der Waals surface area contributed by atoms with Gasteiger partial charge in [-0.25, -0.2) is 0 Å². The Kier molecular flexibility index (Phi) is 5.94. The number of rotatable bonds is 6. The minimum atomic E-state index is 0.114. The molecule has 0 unspecified atom stereocenters. The van der Waals surface area contributed by atoms with Crippen LogP contribution in [0.1, 0.15) is 25.7 Å². The number of amides is 1. The Balaban J connectivity index is 1.46. The highest BCUT2D eigenvalue weighted by Crippen LogP contribution is 2.21. The van der Waals surface area contributed by atoms with E-state index in [9.17, 15) is 4.79 Å². The van der Waals surface area contributed by atoms with E-state index in [-0.39, 0.29) is 5.91 Å². The van der Waals surface area contributed by atoms with E-state index in [1.54, 1.807) is 4.90 Å². The summed E-state index contributed by atoms with van der Waals surface area (Å²) < 4.78 is 0. The van der Waals surface area contributed by atoms with Crippen molar-refractivity contribution in [3.05, 3.63) is 54.6 Å². The summed E-state index contributed by atoms with van der Waals surface area (Å²) in [6.45, 7) is 2.96.